The smallest absolute Gasteiger partial charge is 0.217 e. The molecule has 0 unspecified atom stereocenters. The molecule has 0 aromatic heterocycles. The molecule has 0 saturated carbocycles. The van der Waals surface area contributed by atoms with Crippen LogP contribution in [-0.2, 0) is 52.2 Å². The van der Waals surface area contributed by atoms with Crippen molar-refractivity contribution in [3.63, 3.8) is 0 Å². The molecule has 0 aliphatic carbocycles. The van der Waals surface area contributed by atoms with Crippen molar-refractivity contribution < 1.29 is 119 Å². The number of ether oxygens (including phenoxy) is 9. The number of aliphatic hydroxyl groups excluding tert-OH is 13. The normalized spacial score (nSPS) is 48.9. The van der Waals surface area contributed by atoms with Gasteiger partial charge in [0.25, 0.3) is 0 Å². The summed E-state index contributed by atoms with van der Waals surface area (Å²) >= 11 is 0. The van der Waals surface area contributed by atoms with Gasteiger partial charge in [-0.15, -0.1) is 0 Å². The third-order valence-corrected chi connectivity index (χ3v) is 11.0. The second kappa shape index (κ2) is 21.2. The Morgan fingerprint density at radius 1 is 0.517 bits per heavy atom. The van der Waals surface area contributed by atoms with Crippen molar-refractivity contribution in [3.8, 4) is 0 Å². The summed E-state index contributed by atoms with van der Waals surface area (Å²) in [5.74, 6) is -1.30. The number of hydrogen-bond acceptors (Lipinski definition) is 24. The van der Waals surface area contributed by atoms with Gasteiger partial charge in [0.2, 0.25) is 11.8 Å². The van der Waals surface area contributed by atoms with Crippen LogP contribution in [0.1, 0.15) is 20.8 Å². The van der Waals surface area contributed by atoms with E-state index in [2.05, 4.69) is 10.6 Å². The zero-order chi connectivity index (χ0) is 44.3. The van der Waals surface area contributed by atoms with E-state index in [0.717, 1.165) is 6.92 Å². The van der Waals surface area contributed by atoms with Crippen LogP contribution in [0.3, 0.4) is 0 Å². The summed E-state index contributed by atoms with van der Waals surface area (Å²) < 4.78 is 51.4. The van der Waals surface area contributed by atoms with Crippen LogP contribution in [0.25, 0.3) is 0 Å². The fourth-order valence-electron chi connectivity index (χ4n) is 7.63. The molecule has 26 nitrogen and oxygen atoms in total. The van der Waals surface area contributed by atoms with Crippen molar-refractivity contribution in [1.29, 1.82) is 0 Å². The van der Waals surface area contributed by atoms with Gasteiger partial charge in [-0.3, -0.25) is 9.59 Å². The number of carbonyl (C=O) groups is 2. The van der Waals surface area contributed by atoms with E-state index in [1.165, 1.54) is 13.8 Å². The average Bonchev–Trinajstić information content (AvgIpc) is 3.21. The Balaban J connectivity index is 1.32. The minimum atomic E-state index is -2.07. The van der Waals surface area contributed by atoms with Gasteiger partial charge in [0.1, 0.15) is 110 Å². The lowest BCUT2D eigenvalue weighted by molar-refractivity contribution is -0.377. The number of carbonyl (C=O) groups excluding carboxylic acids is 2. The number of nitrogens with one attached hydrogen (secondary N) is 2. The van der Waals surface area contributed by atoms with E-state index in [1.807, 2.05) is 0 Å². The number of hydrogen-bond donors (Lipinski definition) is 15. The Bertz CT molecular complexity index is 1390. The predicted octanol–water partition coefficient (Wildman–Crippen LogP) is -9.93. The highest BCUT2D eigenvalue weighted by Crippen LogP contribution is 2.34. The summed E-state index contributed by atoms with van der Waals surface area (Å²) in [7, 11) is 0. The third-order valence-electron chi connectivity index (χ3n) is 11.0. The first-order valence-corrected chi connectivity index (χ1v) is 19.3. The lowest BCUT2D eigenvalue weighted by Gasteiger charge is -2.49. The summed E-state index contributed by atoms with van der Waals surface area (Å²) in [5.41, 5.74) is 0. The molecule has 60 heavy (non-hydrogen) atoms. The van der Waals surface area contributed by atoms with E-state index < -0.39 is 185 Å². The molecule has 5 heterocycles. The van der Waals surface area contributed by atoms with Gasteiger partial charge in [-0.25, -0.2) is 0 Å². The zero-order valence-corrected chi connectivity index (χ0v) is 32.7. The maximum atomic E-state index is 12.5. The first kappa shape index (κ1) is 49.1. The molecule has 24 atom stereocenters. The molecule has 26 heteroatoms. The van der Waals surface area contributed by atoms with E-state index >= 15 is 0 Å². The largest absolute Gasteiger partial charge is 0.394 e. The van der Waals surface area contributed by atoms with Crippen molar-refractivity contribution in [2.45, 2.75) is 168 Å². The first-order valence-electron chi connectivity index (χ1n) is 19.3. The molecule has 5 aliphatic heterocycles. The number of rotatable bonds is 14. The molecule has 0 spiro atoms. The Kier molecular flexibility index (Phi) is 17.3. The summed E-state index contributed by atoms with van der Waals surface area (Å²) in [4.78, 5) is 24.4. The summed E-state index contributed by atoms with van der Waals surface area (Å²) in [6, 6.07) is -2.69. The lowest BCUT2D eigenvalue weighted by Crippen LogP contribution is -2.69. The topological polar surface area (TPSA) is 404 Å². The molecule has 2 amide bonds. The van der Waals surface area contributed by atoms with Crippen LogP contribution in [0.5, 0.6) is 0 Å². The van der Waals surface area contributed by atoms with Crippen LogP contribution in [0.15, 0.2) is 0 Å². The molecule has 0 aromatic rings. The van der Waals surface area contributed by atoms with Crippen LogP contribution in [0.4, 0.5) is 0 Å². The maximum Gasteiger partial charge on any atom is 0.217 e. The van der Waals surface area contributed by atoms with Gasteiger partial charge in [-0.2, -0.15) is 0 Å². The van der Waals surface area contributed by atoms with Gasteiger partial charge in [0, 0.05) is 13.8 Å². The second-order valence-electron chi connectivity index (χ2n) is 15.3. The van der Waals surface area contributed by atoms with E-state index in [0.29, 0.717) is 0 Å². The lowest BCUT2D eigenvalue weighted by atomic mass is 9.94. The van der Waals surface area contributed by atoms with Gasteiger partial charge in [0.05, 0.1) is 45.2 Å². The standard InChI is InChI=1S/C34H58N2O24/c1-9-18(42)22(46)25(49)32(54-9)53-8-16-30(19(43)12(7-52-16)35-10(2)40)58-31-17(36-11(3)41)21(45)28(14(5-38)56-31)59-34-27(51)24(48)29(15(6-39)57-34)60-33-26(50)23(47)20(44)13(4-37)55-33/h9,12-34,37-39,42-51H,4-8H2,1-3H3,(H,35,40)(H,36,41)/t9-,12-,13+,14+,15+,16+,17+,18+,19+,20+,21+,22+,23-,24+,25-,26-,27-,28+,29+,30+,31-,32+,33-,34+/m0/s1. The first-order chi connectivity index (χ1) is 28.3. The van der Waals surface area contributed by atoms with Crippen molar-refractivity contribution in [2.24, 2.45) is 0 Å². The molecule has 348 valence electrons. The highest BCUT2D eigenvalue weighted by molar-refractivity contribution is 5.73. The molecule has 5 fully saturated rings. The van der Waals surface area contributed by atoms with Crippen LogP contribution in [-0.4, -0.2) is 258 Å². The highest BCUT2D eigenvalue weighted by atomic mass is 16.8. The van der Waals surface area contributed by atoms with Gasteiger partial charge in [0.15, 0.2) is 25.2 Å². The van der Waals surface area contributed by atoms with E-state index in [4.69, 9.17) is 42.6 Å². The molecular weight excluding hydrogens is 820 g/mol. The average molecular weight is 879 g/mol. The van der Waals surface area contributed by atoms with E-state index in [-0.39, 0.29) is 6.61 Å². The Morgan fingerprint density at radius 3 is 1.55 bits per heavy atom. The number of aliphatic hydroxyl groups is 13. The van der Waals surface area contributed by atoms with Crippen LogP contribution in [0, 0.1) is 0 Å². The quantitative estimate of drug-likeness (QED) is 0.0770. The molecule has 15 N–H and O–H groups in total. The molecule has 5 rings (SSSR count). The molecule has 0 radical (unpaired) electrons. The van der Waals surface area contributed by atoms with Crippen LogP contribution in [0.2, 0.25) is 0 Å². The van der Waals surface area contributed by atoms with Gasteiger partial charge >= 0.3 is 0 Å². The summed E-state index contributed by atoms with van der Waals surface area (Å²) in [5, 5.41) is 142. The zero-order valence-electron chi connectivity index (χ0n) is 32.7. The van der Waals surface area contributed by atoms with Crippen molar-refractivity contribution >= 4 is 11.8 Å². The van der Waals surface area contributed by atoms with Crippen LogP contribution < -0.4 is 10.6 Å². The Morgan fingerprint density at radius 2 is 0.983 bits per heavy atom. The maximum absolute atomic E-state index is 12.5. The van der Waals surface area contributed by atoms with Gasteiger partial charge in [-0.05, 0) is 6.92 Å². The molecular formula is C34H58N2O24. The summed E-state index contributed by atoms with van der Waals surface area (Å²) in [6.45, 7) is 0.240. The fraction of sp³-hybridized carbons (Fsp3) is 0.941. The van der Waals surface area contributed by atoms with E-state index in [9.17, 15) is 76.0 Å². The minimum Gasteiger partial charge on any atom is -0.394 e. The number of amides is 2. The van der Waals surface area contributed by atoms with Crippen molar-refractivity contribution in [1.82, 2.24) is 10.6 Å². The van der Waals surface area contributed by atoms with Crippen LogP contribution >= 0.6 is 0 Å². The highest BCUT2D eigenvalue weighted by Gasteiger charge is 2.55. The van der Waals surface area contributed by atoms with Gasteiger partial charge in [-0.1, -0.05) is 0 Å². The SMILES string of the molecule is CC(=O)N[C@H]1[C@H](O[C@H]2[C@H](O)[C@@H](NC(C)=O)CO[C@@H]2CO[C@@H]2O[C@@H](C)[C@@H](O)[C@@H](O)[C@@H]2O)O[C@H](CO)[C@@H](O[C@H]2O[C@H](CO)[C@@H](O[C@@H]3O[C@H](CO)[C@@H](O)[C@H](O)[C@@H]3O)[C@H](O)[C@@H]2O)[C@@H]1O. The molecule has 0 bridgehead atoms. The van der Waals surface area contributed by atoms with Crippen molar-refractivity contribution in [2.75, 3.05) is 33.0 Å². The Hall–Kier alpha value is -1.94. The fourth-order valence-corrected chi connectivity index (χ4v) is 7.63. The summed E-state index contributed by atoms with van der Waals surface area (Å²) in [6.07, 6.45) is -36.6. The second-order valence-corrected chi connectivity index (χ2v) is 15.3. The minimum absolute atomic E-state index is 0.280. The predicted molar refractivity (Wildman–Crippen MR) is 187 cm³/mol. The van der Waals surface area contributed by atoms with E-state index in [1.54, 1.807) is 0 Å². The molecule has 0 aromatic carbocycles. The molecule has 5 saturated heterocycles. The molecule has 5 aliphatic rings. The van der Waals surface area contributed by atoms with Gasteiger partial charge < -0.3 is 120 Å². The Labute approximate surface area is 342 Å². The third kappa shape index (κ3) is 10.7. The monoisotopic (exact) mass is 878 g/mol. The van der Waals surface area contributed by atoms with Crippen molar-refractivity contribution in [3.05, 3.63) is 0 Å².